The van der Waals surface area contributed by atoms with Crippen molar-refractivity contribution in [1.82, 2.24) is 16.0 Å². The van der Waals surface area contributed by atoms with E-state index in [4.69, 9.17) is 22.9 Å². The maximum absolute atomic E-state index is 13.3. The van der Waals surface area contributed by atoms with Crippen LogP contribution in [0.1, 0.15) is 50.5 Å². The minimum absolute atomic E-state index is 0.0311. The number of benzene rings is 1. The molecule has 0 bridgehead atoms. The molecule has 0 spiro atoms. The Kier molecular flexibility index (Phi) is 15.2. The molecule has 4 amide bonds. The zero-order valence-corrected chi connectivity index (χ0v) is 21.6. The molecule has 0 aliphatic rings. The molecule has 0 heterocycles. The molecule has 212 valence electrons. The highest BCUT2D eigenvalue weighted by atomic mass is 16.4. The number of primary amides is 1. The first-order chi connectivity index (χ1) is 18.1. The molecule has 38 heavy (non-hydrogen) atoms. The second-order valence-corrected chi connectivity index (χ2v) is 9.06. The fraction of sp³-hybridized carbons (Fsp3) is 0.560. The molecule has 0 aliphatic carbocycles. The van der Waals surface area contributed by atoms with Crippen molar-refractivity contribution in [2.24, 2.45) is 22.9 Å². The van der Waals surface area contributed by atoms with Crippen LogP contribution in [0.2, 0.25) is 0 Å². The highest BCUT2D eigenvalue weighted by Crippen LogP contribution is 2.08. The van der Waals surface area contributed by atoms with E-state index in [9.17, 15) is 29.1 Å². The smallest absolute Gasteiger partial charge is 0.326 e. The normalized spacial score (nSPS) is 14.0. The van der Waals surface area contributed by atoms with Gasteiger partial charge in [-0.1, -0.05) is 36.8 Å². The lowest BCUT2D eigenvalue weighted by Gasteiger charge is -2.25. The molecule has 4 unspecified atom stereocenters. The third-order valence-electron chi connectivity index (χ3n) is 5.82. The topological polar surface area (TPSA) is 246 Å². The van der Waals surface area contributed by atoms with E-state index in [1.165, 1.54) is 0 Å². The number of aliphatic carboxylic acids is 1. The predicted octanol–water partition coefficient (Wildman–Crippen LogP) is -1.77. The zero-order valence-electron chi connectivity index (χ0n) is 21.6. The zero-order chi connectivity index (χ0) is 28.5. The van der Waals surface area contributed by atoms with Crippen molar-refractivity contribution < 1.29 is 29.1 Å². The summed E-state index contributed by atoms with van der Waals surface area (Å²) in [6, 6.07) is 4.17. The van der Waals surface area contributed by atoms with Gasteiger partial charge in [0.25, 0.3) is 0 Å². The molecule has 0 saturated heterocycles. The average Bonchev–Trinajstić information content (AvgIpc) is 2.87. The summed E-state index contributed by atoms with van der Waals surface area (Å²) in [4.78, 5) is 61.8. The van der Waals surface area contributed by atoms with Gasteiger partial charge in [0.05, 0.1) is 12.5 Å². The van der Waals surface area contributed by atoms with Crippen LogP contribution in [0.25, 0.3) is 0 Å². The second kappa shape index (κ2) is 17.8. The lowest BCUT2D eigenvalue weighted by molar-refractivity contribution is -0.143. The number of carbonyl (C=O) groups is 5. The second-order valence-electron chi connectivity index (χ2n) is 9.06. The Labute approximate surface area is 222 Å². The number of nitrogens with one attached hydrogen (secondary N) is 3. The third-order valence-corrected chi connectivity index (χ3v) is 5.82. The molecule has 1 rings (SSSR count). The number of hydrogen-bond donors (Lipinski definition) is 8. The van der Waals surface area contributed by atoms with E-state index in [0.29, 0.717) is 50.8 Å². The molecule has 13 nitrogen and oxygen atoms in total. The molecule has 0 fully saturated rings. The van der Waals surface area contributed by atoms with E-state index in [1.807, 2.05) is 0 Å². The van der Waals surface area contributed by atoms with Crippen molar-refractivity contribution in [3.63, 3.8) is 0 Å². The van der Waals surface area contributed by atoms with Crippen LogP contribution in [0.4, 0.5) is 0 Å². The third kappa shape index (κ3) is 12.6. The average molecular weight is 536 g/mol. The fourth-order valence-corrected chi connectivity index (χ4v) is 3.69. The van der Waals surface area contributed by atoms with Gasteiger partial charge in [-0.05, 0) is 50.8 Å². The molecule has 12 N–H and O–H groups in total. The Hall–Kier alpha value is -3.55. The van der Waals surface area contributed by atoms with Gasteiger partial charge in [-0.15, -0.1) is 0 Å². The largest absolute Gasteiger partial charge is 0.480 e. The number of unbranched alkanes of at least 4 members (excludes halogenated alkanes) is 2. The van der Waals surface area contributed by atoms with E-state index < -0.39 is 60.2 Å². The van der Waals surface area contributed by atoms with Crippen LogP contribution in [-0.4, -0.2) is 72.0 Å². The summed E-state index contributed by atoms with van der Waals surface area (Å²) in [7, 11) is 0. The van der Waals surface area contributed by atoms with Gasteiger partial charge in [0, 0.05) is 6.42 Å². The van der Waals surface area contributed by atoms with Crippen molar-refractivity contribution >= 4 is 29.6 Å². The highest BCUT2D eigenvalue weighted by Gasteiger charge is 2.31. The number of hydrogen-bond acceptors (Lipinski definition) is 8. The van der Waals surface area contributed by atoms with Crippen molar-refractivity contribution in [3.8, 4) is 0 Å². The van der Waals surface area contributed by atoms with Crippen molar-refractivity contribution in [2.75, 3.05) is 13.1 Å². The summed E-state index contributed by atoms with van der Waals surface area (Å²) in [5.41, 5.74) is 22.8. The van der Waals surface area contributed by atoms with Crippen molar-refractivity contribution in [2.45, 2.75) is 75.5 Å². The maximum atomic E-state index is 13.3. The lowest BCUT2D eigenvalue weighted by Crippen LogP contribution is -2.57. The lowest BCUT2D eigenvalue weighted by atomic mass is 10.0. The number of carbonyl (C=O) groups excluding carboxylic acids is 4. The molecule has 0 aliphatic heterocycles. The molecule has 1 aromatic carbocycles. The molecule has 0 aromatic heterocycles. The van der Waals surface area contributed by atoms with Gasteiger partial charge in [-0.2, -0.15) is 0 Å². The predicted molar refractivity (Wildman–Crippen MR) is 141 cm³/mol. The van der Waals surface area contributed by atoms with Crippen LogP contribution < -0.4 is 38.9 Å². The van der Waals surface area contributed by atoms with Crippen LogP contribution in [0.3, 0.4) is 0 Å². The monoisotopic (exact) mass is 535 g/mol. The quantitative estimate of drug-likeness (QED) is 0.0932. The summed E-state index contributed by atoms with van der Waals surface area (Å²) >= 11 is 0. The number of carboxylic acids is 1. The van der Waals surface area contributed by atoms with Gasteiger partial charge in [0.2, 0.25) is 23.6 Å². The van der Waals surface area contributed by atoms with Gasteiger partial charge in [-0.25, -0.2) is 4.79 Å². The summed E-state index contributed by atoms with van der Waals surface area (Å²) in [6.45, 7) is 0.877. The standard InChI is InChI=1S/C25H41N7O6/c26-12-6-4-10-17(28)22(34)30-18(11-5-7-13-27)23(35)31-19(14-16-8-2-1-3-9-16)24(36)32-20(25(37)38)15-21(29)33/h1-3,8-9,17-20H,4-7,10-15,26-28H2,(H2,29,33)(H,30,34)(H,31,35)(H,32,36)(H,37,38). The molecule has 1 aromatic rings. The summed E-state index contributed by atoms with van der Waals surface area (Å²) in [5.74, 6) is -4.32. The van der Waals surface area contributed by atoms with Gasteiger partial charge < -0.3 is 44.0 Å². The SMILES string of the molecule is NCCCCC(N)C(=O)NC(CCCCN)C(=O)NC(Cc1ccccc1)C(=O)NC(CC(N)=O)C(=O)O. The minimum Gasteiger partial charge on any atom is -0.480 e. The van der Waals surface area contributed by atoms with Gasteiger partial charge in [-0.3, -0.25) is 19.2 Å². The Morgan fingerprint density at radius 2 is 1.26 bits per heavy atom. The Morgan fingerprint density at radius 1 is 0.737 bits per heavy atom. The van der Waals surface area contributed by atoms with E-state index in [0.717, 1.165) is 0 Å². The Balaban J connectivity index is 3.08. The molecule has 0 saturated carbocycles. The first-order valence-electron chi connectivity index (χ1n) is 12.7. The van der Waals surface area contributed by atoms with Crippen LogP contribution in [0.5, 0.6) is 0 Å². The van der Waals surface area contributed by atoms with Gasteiger partial charge in [0.15, 0.2) is 0 Å². The summed E-state index contributed by atoms with van der Waals surface area (Å²) in [5, 5.41) is 16.9. The number of nitrogens with two attached hydrogens (primary N) is 4. The Morgan fingerprint density at radius 3 is 1.82 bits per heavy atom. The molecular weight excluding hydrogens is 494 g/mol. The molecule has 0 radical (unpaired) electrons. The molecule has 13 heteroatoms. The van der Waals surface area contributed by atoms with Crippen LogP contribution >= 0.6 is 0 Å². The Bertz CT molecular complexity index is 915. The molecular formula is C25H41N7O6. The first-order valence-corrected chi connectivity index (χ1v) is 12.7. The van der Waals surface area contributed by atoms with E-state index in [2.05, 4.69) is 16.0 Å². The number of carboxylic acid groups (broad SMARTS) is 1. The number of amides is 4. The van der Waals surface area contributed by atoms with Gasteiger partial charge >= 0.3 is 5.97 Å². The van der Waals surface area contributed by atoms with E-state index >= 15 is 0 Å². The summed E-state index contributed by atoms with van der Waals surface area (Å²) in [6.07, 6.45) is 2.58. The fourth-order valence-electron chi connectivity index (χ4n) is 3.69. The van der Waals surface area contributed by atoms with Crippen molar-refractivity contribution in [1.29, 1.82) is 0 Å². The van der Waals surface area contributed by atoms with Crippen LogP contribution in [0.15, 0.2) is 30.3 Å². The van der Waals surface area contributed by atoms with Crippen molar-refractivity contribution in [3.05, 3.63) is 35.9 Å². The summed E-state index contributed by atoms with van der Waals surface area (Å²) < 4.78 is 0. The number of rotatable bonds is 19. The van der Waals surface area contributed by atoms with E-state index in [-0.39, 0.29) is 12.8 Å². The minimum atomic E-state index is -1.57. The van der Waals surface area contributed by atoms with E-state index in [1.54, 1.807) is 30.3 Å². The van der Waals surface area contributed by atoms with Crippen LogP contribution in [-0.2, 0) is 30.4 Å². The maximum Gasteiger partial charge on any atom is 0.326 e. The van der Waals surface area contributed by atoms with Gasteiger partial charge in [0.1, 0.15) is 18.1 Å². The molecule has 4 atom stereocenters. The highest BCUT2D eigenvalue weighted by molar-refractivity contribution is 5.95. The van der Waals surface area contributed by atoms with Crippen LogP contribution in [0, 0.1) is 0 Å². The first kappa shape index (κ1) is 32.5.